The maximum absolute atomic E-state index is 5.63. The highest BCUT2D eigenvalue weighted by atomic mass is 16.6. The molecule has 5 N–H and O–H groups in total. The molecule has 0 saturated carbocycles. The van der Waals surface area contributed by atoms with Crippen LogP contribution in [0.4, 0.5) is 11.4 Å². The fraction of sp³-hybridized carbons (Fsp3) is 0.125. The average Bonchev–Trinajstić information content (AvgIpc) is 2.08. The summed E-state index contributed by atoms with van der Waals surface area (Å²) in [5, 5.41) is 3.28. The van der Waals surface area contributed by atoms with Crippen LogP contribution in [0.25, 0.3) is 0 Å². The zero-order valence-electron chi connectivity index (χ0n) is 6.79. The Morgan fingerprint density at radius 3 is 3.00 bits per heavy atom. The second-order valence-corrected chi connectivity index (χ2v) is 2.39. The number of nitrogen functional groups attached to an aromatic ring is 1. The number of hydrogen-bond donors (Lipinski definition) is 2. The minimum absolute atomic E-state index is 0.368. The largest absolute Gasteiger partial charge is 0.394 e. The van der Waals surface area contributed by atoms with Gasteiger partial charge in [-0.2, -0.15) is 0 Å². The smallest absolute Gasteiger partial charge is 0.157 e. The normalized spacial score (nSPS) is 9.42. The summed E-state index contributed by atoms with van der Waals surface area (Å²) < 4.78 is 0. The predicted octanol–water partition coefficient (Wildman–Crippen LogP) is 0.274. The molecule has 0 aliphatic carbocycles. The molecule has 0 aliphatic rings. The molecule has 0 atom stereocenters. The molecule has 1 aromatic carbocycles. The monoisotopic (exact) mass is 166 g/mol. The van der Waals surface area contributed by atoms with Gasteiger partial charge in [0.2, 0.25) is 0 Å². The number of hydrogen-bond acceptors (Lipinski definition) is 3. The summed E-state index contributed by atoms with van der Waals surface area (Å²) in [5.41, 5.74) is 11.8. The van der Waals surface area contributed by atoms with E-state index in [1.54, 1.807) is 6.07 Å². The lowest BCUT2D eigenvalue weighted by Crippen LogP contribution is -2.42. The number of nitrogens with two attached hydrogens (primary N) is 1. The molecule has 0 spiro atoms. The number of rotatable bonds is 3. The second kappa shape index (κ2) is 3.73. The lowest BCUT2D eigenvalue weighted by Gasteiger charge is -2.02. The van der Waals surface area contributed by atoms with Crippen LogP contribution in [0.2, 0.25) is 0 Å². The summed E-state index contributed by atoms with van der Waals surface area (Å²) in [7, 11) is 0. The Hall–Kier alpha value is -1.55. The van der Waals surface area contributed by atoms with Crippen LogP contribution in [-0.4, -0.2) is 6.72 Å². The van der Waals surface area contributed by atoms with Crippen molar-refractivity contribution in [1.82, 2.24) is 0 Å². The van der Waals surface area contributed by atoms with E-state index in [0.29, 0.717) is 12.3 Å². The molecule has 0 radical (unpaired) electrons. The van der Waals surface area contributed by atoms with Gasteiger partial charge in [-0.3, -0.25) is 0 Å². The van der Waals surface area contributed by atoms with Gasteiger partial charge >= 0.3 is 0 Å². The van der Waals surface area contributed by atoms with Gasteiger partial charge in [-0.05, 0) is 12.1 Å². The number of anilines is 1. The molecule has 0 aromatic heterocycles. The molecule has 0 saturated heterocycles. The zero-order chi connectivity index (χ0) is 8.97. The van der Waals surface area contributed by atoms with Crippen molar-refractivity contribution in [3.05, 3.63) is 23.8 Å². The van der Waals surface area contributed by atoms with Gasteiger partial charge in [-0.15, -0.1) is 5.16 Å². The molecule has 4 heteroatoms. The summed E-state index contributed by atoms with van der Waals surface area (Å²) in [6, 6.07) is 5.54. The third-order valence-electron chi connectivity index (χ3n) is 1.62. The maximum atomic E-state index is 5.63. The van der Waals surface area contributed by atoms with Crippen molar-refractivity contribution in [3.63, 3.8) is 0 Å². The highest BCUT2D eigenvalue weighted by molar-refractivity contribution is 5.60. The van der Waals surface area contributed by atoms with E-state index in [2.05, 4.69) is 17.6 Å². The number of benzene rings is 1. The third kappa shape index (κ3) is 1.73. The molecule has 1 aromatic rings. The van der Waals surface area contributed by atoms with E-state index < -0.39 is 0 Å². The predicted molar refractivity (Wildman–Crippen MR) is 47.7 cm³/mol. The average molecular weight is 166 g/mol. The molecular formula is C8H12N3O+. The van der Waals surface area contributed by atoms with Gasteiger partial charge in [-0.25, -0.2) is 0 Å². The van der Waals surface area contributed by atoms with Gasteiger partial charge in [0, 0.05) is 6.72 Å². The van der Waals surface area contributed by atoms with E-state index in [4.69, 9.17) is 10.6 Å². The minimum atomic E-state index is 0.368. The van der Waals surface area contributed by atoms with Gasteiger partial charge in [0.25, 0.3) is 0 Å². The van der Waals surface area contributed by atoms with E-state index in [1.807, 2.05) is 12.1 Å². The standard InChI is InChI=1S/C8H11N3O/c1-11-12-5-6-3-2-4-7(9)8(6)10/h2-4H,1,5,9-10H2/p+1. The fourth-order valence-corrected chi connectivity index (χ4v) is 0.905. The van der Waals surface area contributed by atoms with Crippen molar-refractivity contribution in [3.8, 4) is 0 Å². The van der Waals surface area contributed by atoms with Crippen molar-refractivity contribution in [2.24, 2.45) is 5.16 Å². The Kier molecular flexibility index (Phi) is 2.66. The van der Waals surface area contributed by atoms with Crippen LogP contribution < -0.4 is 11.5 Å². The highest BCUT2D eigenvalue weighted by Crippen LogP contribution is 2.17. The third-order valence-corrected chi connectivity index (χ3v) is 1.62. The zero-order valence-corrected chi connectivity index (χ0v) is 6.79. The van der Waals surface area contributed by atoms with Crippen LogP contribution in [0.15, 0.2) is 23.4 Å². The van der Waals surface area contributed by atoms with Crippen LogP contribution in [0, 0.1) is 0 Å². The highest BCUT2D eigenvalue weighted by Gasteiger charge is 2.05. The fourth-order valence-electron chi connectivity index (χ4n) is 0.905. The van der Waals surface area contributed by atoms with E-state index in [9.17, 15) is 0 Å². The van der Waals surface area contributed by atoms with Crippen molar-refractivity contribution >= 4 is 18.1 Å². The van der Waals surface area contributed by atoms with Crippen LogP contribution in [-0.2, 0) is 11.4 Å². The quantitative estimate of drug-likeness (QED) is 0.384. The molecule has 0 bridgehead atoms. The van der Waals surface area contributed by atoms with Crippen LogP contribution in [0.1, 0.15) is 5.56 Å². The second-order valence-electron chi connectivity index (χ2n) is 2.39. The number of oxime groups is 1. The summed E-state index contributed by atoms with van der Waals surface area (Å²) in [6.45, 7) is 3.57. The molecule has 4 nitrogen and oxygen atoms in total. The van der Waals surface area contributed by atoms with Crippen molar-refractivity contribution in [2.45, 2.75) is 6.61 Å². The molecule has 0 fully saturated rings. The Bertz CT molecular complexity index is 286. The molecule has 0 aliphatic heterocycles. The van der Waals surface area contributed by atoms with Gasteiger partial charge in [0.15, 0.2) is 5.69 Å². The Labute approximate surface area is 70.8 Å². The van der Waals surface area contributed by atoms with Crippen LogP contribution in [0.3, 0.4) is 0 Å². The van der Waals surface area contributed by atoms with Crippen LogP contribution >= 0.6 is 0 Å². The van der Waals surface area contributed by atoms with Crippen molar-refractivity contribution < 1.29 is 10.6 Å². The Morgan fingerprint density at radius 1 is 1.58 bits per heavy atom. The molecule has 12 heavy (non-hydrogen) atoms. The lowest BCUT2D eigenvalue weighted by atomic mass is 10.1. The topological polar surface area (TPSA) is 75.2 Å². The van der Waals surface area contributed by atoms with Crippen molar-refractivity contribution in [1.29, 1.82) is 0 Å². The Morgan fingerprint density at radius 2 is 2.33 bits per heavy atom. The van der Waals surface area contributed by atoms with E-state index in [0.717, 1.165) is 11.3 Å². The molecule has 1 rings (SSSR count). The summed E-state index contributed by atoms with van der Waals surface area (Å²) in [6.07, 6.45) is 0. The SMILES string of the molecule is C=NOCc1cccc(N)c1[NH3+]. The molecular weight excluding hydrogens is 154 g/mol. The van der Waals surface area contributed by atoms with Gasteiger partial charge in [0.1, 0.15) is 6.61 Å². The van der Waals surface area contributed by atoms with Crippen LogP contribution in [0.5, 0.6) is 0 Å². The first-order chi connectivity index (χ1) is 5.75. The van der Waals surface area contributed by atoms with Crippen molar-refractivity contribution in [2.75, 3.05) is 5.73 Å². The van der Waals surface area contributed by atoms with Gasteiger partial charge in [0.05, 0.1) is 11.3 Å². The maximum Gasteiger partial charge on any atom is 0.157 e. The van der Waals surface area contributed by atoms with E-state index in [1.165, 1.54) is 0 Å². The minimum Gasteiger partial charge on any atom is -0.394 e. The number of quaternary nitrogens is 1. The number of nitrogens with zero attached hydrogens (tertiary/aromatic N) is 1. The van der Waals surface area contributed by atoms with E-state index in [-0.39, 0.29) is 0 Å². The Balaban J connectivity index is 2.84. The first kappa shape index (κ1) is 8.55. The molecule has 0 unspecified atom stereocenters. The lowest BCUT2D eigenvalue weighted by molar-refractivity contribution is -0.255. The van der Waals surface area contributed by atoms with E-state index >= 15 is 0 Å². The first-order valence-electron chi connectivity index (χ1n) is 3.53. The molecule has 0 heterocycles. The summed E-state index contributed by atoms with van der Waals surface area (Å²) in [5.74, 6) is 0. The molecule has 0 amide bonds. The van der Waals surface area contributed by atoms with Gasteiger partial charge < -0.3 is 16.3 Å². The molecule has 64 valence electrons. The van der Waals surface area contributed by atoms with Gasteiger partial charge in [-0.1, -0.05) is 6.07 Å². The first-order valence-corrected chi connectivity index (χ1v) is 3.53. The summed E-state index contributed by atoms with van der Waals surface area (Å²) in [4.78, 5) is 4.77. The summed E-state index contributed by atoms with van der Waals surface area (Å²) >= 11 is 0.